The van der Waals surface area contributed by atoms with Crippen molar-refractivity contribution in [3.8, 4) is 0 Å². The molecule has 86 valence electrons. The number of nitrogens with two attached hydrogens (primary N) is 1. The Balaban J connectivity index is 3.63. The Morgan fingerprint density at radius 1 is 1.36 bits per heavy atom. The summed E-state index contributed by atoms with van der Waals surface area (Å²) in [6.07, 6.45) is 1.10. The van der Waals surface area contributed by atoms with Gasteiger partial charge in [-0.3, -0.25) is 0 Å². The van der Waals surface area contributed by atoms with Crippen molar-refractivity contribution in [2.24, 2.45) is 5.73 Å². The summed E-state index contributed by atoms with van der Waals surface area (Å²) in [4.78, 5) is 2.20. The lowest BCUT2D eigenvalue weighted by Crippen LogP contribution is -2.33. The van der Waals surface area contributed by atoms with Crippen molar-refractivity contribution >= 4 is 0 Å². The maximum atomic E-state index is 8.80. The summed E-state index contributed by atoms with van der Waals surface area (Å²) in [6, 6.07) is 0. The third kappa shape index (κ3) is 6.32. The first-order valence-corrected chi connectivity index (χ1v) is 5.43. The lowest BCUT2D eigenvalue weighted by atomic mass is 10.2. The topological polar surface area (TPSA) is 58.7 Å². The minimum absolute atomic E-state index is 0.160. The standard InChI is InChI=1S/C10H24N2O2/c1-3-12(7-8-13)6-5-10(9-11)14-4-2/h10,13H,3-9,11H2,1-2H3. The van der Waals surface area contributed by atoms with Crippen molar-refractivity contribution < 1.29 is 9.84 Å². The molecule has 0 aromatic carbocycles. The van der Waals surface area contributed by atoms with Crippen molar-refractivity contribution in [1.82, 2.24) is 4.90 Å². The lowest BCUT2D eigenvalue weighted by Gasteiger charge is -2.22. The average Bonchev–Trinajstić information content (AvgIpc) is 2.22. The average molecular weight is 204 g/mol. The second-order valence-electron chi connectivity index (χ2n) is 3.26. The van der Waals surface area contributed by atoms with Crippen LogP contribution < -0.4 is 5.73 Å². The number of nitrogens with zero attached hydrogens (tertiary/aromatic N) is 1. The van der Waals surface area contributed by atoms with Crippen LogP contribution >= 0.6 is 0 Å². The molecule has 0 fully saturated rings. The lowest BCUT2D eigenvalue weighted by molar-refractivity contribution is 0.0531. The minimum Gasteiger partial charge on any atom is -0.395 e. The van der Waals surface area contributed by atoms with Gasteiger partial charge in [-0.05, 0) is 19.9 Å². The summed E-state index contributed by atoms with van der Waals surface area (Å²) in [5, 5.41) is 8.80. The molecule has 1 atom stereocenters. The van der Waals surface area contributed by atoms with Crippen LogP contribution in [0.4, 0.5) is 0 Å². The summed E-state index contributed by atoms with van der Waals surface area (Å²) in [7, 11) is 0. The second-order valence-corrected chi connectivity index (χ2v) is 3.26. The monoisotopic (exact) mass is 204 g/mol. The molecule has 0 radical (unpaired) electrons. The van der Waals surface area contributed by atoms with E-state index in [0.717, 1.165) is 26.1 Å². The van der Waals surface area contributed by atoms with Crippen LogP contribution in [0.1, 0.15) is 20.3 Å². The van der Waals surface area contributed by atoms with E-state index in [4.69, 9.17) is 15.6 Å². The van der Waals surface area contributed by atoms with Crippen LogP contribution in [0, 0.1) is 0 Å². The maximum Gasteiger partial charge on any atom is 0.0709 e. The van der Waals surface area contributed by atoms with E-state index in [9.17, 15) is 0 Å². The van der Waals surface area contributed by atoms with Crippen molar-refractivity contribution in [1.29, 1.82) is 0 Å². The van der Waals surface area contributed by atoms with E-state index < -0.39 is 0 Å². The van der Waals surface area contributed by atoms with Gasteiger partial charge in [0.05, 0.1) is 12.7 Å². The molecule has 0 bridgehead atoms. The van der Waals surface area contributed by atoms with Gasteiger partial charge in [0.1, 0.15) is 0 Å². The number of rotatable bonds is 9. The molecular formula is C10H24N2O2. The molecule has 0 rings (SSSR count). The molecule has 0 spiro atoms. The second kappa shape index (κ2) is 9.40. The maximum absolute atomic E-state index is 8.80. The van der Waals surface area contributed by atoms with E-state index >= 15 is 0 Å². The SMILES string of the molecule is CCOC(CN)CCN(CC)CCO. The van der Waals surface area contributed by atoms with Gasteiger partial charge < -0.3 is 20.5 Å². The highest BCUT2D eigenvalue weighted by Crippen LogP contribution is 1.99. The molecule has 14 heavy (non-hydrogen) atoms. The van der Waals surface area contributed by atoms with Gasteiger partial charge in [-0.2, -0.15) is 0 Å². The highest BCUT2D eigenvalue weighted by atomic mass is 16.5. The fourth-order valence-electron chi connectivity index (χ4n) is 1.40. The zero-order valence-electron chi connectivity index (χ0n) is 9.41. The molecule has 4 nitrogen and oxygen atoms in total. The summed E-state index contributed by atoms with van der Waals surface area (Å²) in [6.45, 7) is 8.22. The zero-order valence-corrected chi connectivity index (χ0v) is 9.41. The van der Waals surface area contributed by atoms with Gasteiger partial charge in [-0.25, -0.2) is 0 Å². The molecule has 0 amide bonds. The van der Waals surface area contributed by atoms with Gasteiger partial charge in [-0.15, -0.1) is 0 Å². The molecule has 0 saturated heterocycles. The van der Waals surface area contributed by atoms with Gasteiger partial charge in [0.2, 0.25) is 0 Å². The van der Waals surface area contributed by atoms with Crippen molar-refractivity contribution in [2.75, 3.05) is 39.4 Å². The van der Waals surface area contributed by atoms with Crippen LogP contribution in [0.25, 0.3) is 0 Å². The Bertz CT molecular complexity index is 109. The Labute approximate surface area is 87.0 Å². The smallest absolute Gasteiger partial charge is 0.0709 e. The molecule has 4 heteroatoms. The van der Waals surface area contributed by atoms with Crippen molar-refractivity contribution in [3.05, 3.63) is 0 Å². The van der Waals surface area contributed by atoms with E-state index in [1.54, 1.807) is 0 Å². The van der Waals surface area contributed by atoms with Gasteiger partial charge in [0, 0.05) is 26.2 Å². The first-order valence-electron chi connectivity index (χ1n) is 5.43. The third-order valence-corrected chi connectivity index (χ3v) is 2.30. The van der Waals surface area contributed by atoms with Crippen LogP contribution in [-0.2, 0) is 4.74 Å². The van der Waals surface area contributed by atoms with Crippen molar-refractivity contribution in [3.63, 3.8) is 0 Å². The summed E-state index contributed by atoms with van der Waals surface area (Å²) < 4.78 is 5.45. The summed E-state index contributed by atoms with van der Waals surface area (Å²) in [5.74, 6) is 0. The number of ether oxygens (including phenoxy) is 1. The number of hydrogen-bond acceptors (Lipinski definition) is 4. The van der Waals surface area contributed by atoms with E-state index in [0.29, 0.717) is 13.2 Å². The van der Waals surface area contributed by atoms with Crippen LogP contribution in [0.2, 0.25) is 0 Å². The number of hydrogen-bond donors (Lipinski definition) is 2. The first-order chi connectivity index (χ1) is 6.78. The van der Waals surface area contributed by atoms with E-state index in [2.05, 4.69) is 11.8 Å². The quantitative estimate of drug-likeness (QED) is 0.557. The van der Waals surface area contributed by atoms with Crippen molar-refractivity contribution in [2.45, 2.75) is 26.4 Å². The molecule has 0 aromatic heterocycles. The molecule has 0 saturated carbocycles. The Kier molecular flexibility index (Phi) is 9.29. The normalized spacial score (nSPS) is 13.5. The summed E-state index contributed by atoms with van der Waals surface area (Å²) in [5.41, 5.74) is 5.57. The van der Waals surface area contributed by atoms with Crippen LogP contribution in [0.3, 0.4) is 0 Å². The molecule has 0 aromatic rings. The third-order valence-electron chi connectivity index (χ3n) is 2.30. The number of aliphatic hydroxyl groups excluding tert-OH is 1. The van der Waals surface area contributed by atoms with Gasteiger partial charge >= 0.3 is 0 Å². The largest absolute Gasteiger partial charge is 0.395 e. The Morgan fingerprint density at radius 3 is 2.50 bits per heavy atom. The molecule has 0 aliphatic rings. The predicted molar refractivity (Wildman–Crippen MR) is 58.3 cm³/mol. The van der Waals surface area contributed by atoms with E-state index in [-0.39, 0.29) is 12.7 Å². The summed E-state index contributed by atoms with van der Waals surface area (Å²) >= 11 is 0. The van der Waals surface area contributed by atoms with Crippen LogP contribution in [-0.4, -0.2) is 55.5 Å². The predicted octanol–water partition coefficient (Wildman–Crippen LogP) is 0.0545. The van der Waals surface area contributed by atoms with E-state index in [1.807, 2.05) is 6.92 Å². The minimum atomic E-state index is 0.160. The molecule has 1 unspecified atom stereocenters. The first kappa shape index (κ1) is 13.8. The van der Waals surface area contributed by atoms with Gasteiger partial charge in [0.25, 0.3) is 0 Å². The molecule has 0 heterocycles. The zero-order chi connectivity index (χ0) is 10.8. The highest BCUT2D eigenvalue weighted by Gasteiger charge is 2.08. The molecule has 0 aliphatic heterocycles. The fraction of sp³-hybridized carbons (Fsp3) is 1.00. The van der Waals surface area contributed by atoms with Crippen LogP contribution in [0.15, 0.2) is 0 Å². The highest BCUT2D eigenvalue weighted by molar-refractivity contribution is 4.63. The fourth-order valence-corrected chi connectivity index (χ4v) is 1.40. The van der Waals surface area contributed by atoms with E-state index in [1.165, 1.54) is 0 Å². The molecule has 0 aliphatic carbocycles. The molecule has 3 N–H and O–H groups in total. The number of likely N-dealkylation sites (N-methyl/N-ethyl adjacent to an activating group) is 1. The van der Waals surface area contributed by atoms with Crippen LogP contribution in [0.5, 0.6) is 0 Å². The van der Waals surface area contributed by atoms with Gasteiger partial charge in [0.15, 0.2) is 0 Å². The molecular weight excluding hydrogens is 180 g/mol. The number of aliphatic hydroxyl groups is 1. The van der Waals surface area contributed by atoms with Gasteiger partial charge in [-0.1, -0.05) is 6.92 Å². The Hall–Kier alpha value is -0.160. The Morgan fingerprint density at radius 2 is 2.07 bits per heavy atom.